The second-order valence-electron chi connectivity index (χ2n) is 4.41. The molecule has 1 aromatic rings. The minimum atomic E-state index is -0.542. The van der Waals surface area contributed by atoms with Crippen LogP contribution in [0.5, 0.6) is 0 Å². The summed E-state index contributed by atoms with van der Waals surface area (Å²) >= 11 is 3.33. The van der Waals surface area contributed by atoms with Gasteiger partial charge in [0.25, 0.3) is 5.91 Å². The van der Waals surface area contributed by atoms with Crippen LogP contribution in [-0.2, 0) is 4.79 Å². The number of nitrogens with one attached hydrogen (secondary N) is 1. The van der Waals surface area contributed by atoms with Crippen LogP contribution in [0.1, 0.15) is 22.8 Å². The van der Waals surface area contributed by atoms with Gasteiger partial charge in [0.15, 0.2) is 0 Å². The molecule has 5 heteroatoms. The molecule has 1 N–H and O–H groups in total. The van der Waals surface area contributed by atoms with Crippen LogP contribution in [0.15, 0.2) is 22.7 Å². The van der Waals surface area contributed by atoms with E-state index in [1.165, 1.54) is 4.90 Å². The van der Waals surface area contributed by atoms with Crippen LogP contribution in [0, 0.1) is 6.92 Å². The van der Waals surface area contributed by atoms with E-state index in [1.54, 1.807) is 27.1 Å². The molecule has 0 aliphatic rings. The van der Waals surface area contributed by atoms with Gasteiger partial charge in [-0.3, -0.25) is 9.59 Å². The molecule has 0 saturated heterocycles. The number of likely N-dealkylation sites (N-methyl/N-ethyl adjacent to an activating group) is 1. The molecular weight excluding hydrogens is 296 g/mol. The first kappa shape index (κ1) is 14.7. The maximum Gasteiger partial charge on any atom is 0.253 e. The van der Waals surface area contributed by atoms with Crippen molar-refractivity contribution in [3.8, 4) is 0 Å². The van der Waals surface area contributed by atoms with Crippen molar-refractivity contribution < 1.29 is 9.59 Å². The standard InChI is InChI=1S/C13H17BrN2O2/c1-8-5-6-11(14)10(7-8)12(17)15-9(2)13(18)16(3)4/h5-7,9H,1-4H3,(H,15,17). The van der Waals surface area contributed by atoms with Crippen molar-refractivity contribution >= 4 is 27.7 Å². The number of carbonyl (C=O) groups is 2. The quantitative estimate of drug-likeness (QED) is 0.927. The lowest BCUT2D eigenvalue weighted by atomic mass is 10.1. The molecule has 0 heterocycles. The maximum atomic E-state index is 12.0. The summed E-state index contributed by atoms with van der Waals surface area (Å²) in [6.07, 6.45) is 0. The van der Waals surface area contributed by atoms with Gasteiger partial charge in [0, 0.05) is 18.6 Å². The normalized spacial score (nSPS) is 11.8. The Labute approximate surface area is 115 Å². The van der Waals surface area contributed by atoms with E-state index in [4.69, 9.17) is 0 Å². The second-order valence-corrected chi connectivity index (χ2v) is 5.27. The lowest BCUT2D eigenvalue weighted by Crippen LogP contribution is -2.44. The number of amides is 2. The Morgan fingerprint density at radius 1 is 1.33 bits per heavy atom. The zero-order chi connectivity index (χ0) is 13.9. The van der Waals surface area contributed by atoms with Gasteiger partial charge in [-0.1, -0.05) is 11.6 Å². The van der Waals surface area contributed by atoms with E-state index >= 15 is 0 Å². The molecule has 0 radical (unpaired) electrons. The Balaban J connectivity index is 2.83. The second kappa shape index (κ2) is 6.00. The Bertz CT molecular complexity index is 472. The van der Waals surface area contributed by atoms with Gasteiger partial charge in [0.1, 0.15) is 6.04 Å². The van der Waals surface area contributed by atoms with Crippen LogP contribution in [0.3, 0.4) is 0 Å². The van der Waals surface area contributed by atoms with Crippen LogP contribution >= 0.6 is 15.9 Å². The van der Waals surface area contributed by atoms with Crippen molar-refractivity contribution in [2.24, 2.45) is 0 Å². The summed E-state index contributed by atoms with van der Waals surface area (Å²) in [4.78, 5) is 25.2. The van der Waals surface area contributed by atoms with E-state index in [9.17, 15) is 9.59 Å². The molecule has 1 unspecified atom stereocenters. The van der Waals surface area contributed by atoms with Crippen molar-refractivity contribution in [2.75, 3.05) is 14.1 Å². The largest absolute Gasteiger partial charge is 0.347 e. The molecule has 2 amide bonds. The highest BCUT2D eigenvalue weighted by Gasteiger charge is 2.19. The SMILES string of the molecule is Cc1ccc(Br)c(C(=O)NC(C)C(=O)N(C)C)c1. The number of halogens is 1. The Morgan fingerprint density at radius 3 is 2.50 bits per heavy atom. The topological polar surface area (TPSA) is 49.4 Å². The zero-order valence-corrected chi connectivity index (χ0v) is 12.5. The summed E-state index contributed by atoms with van der Waals surface area (Å²) < 4.78 is 0.718. The Morgan fingerprint density at radius 2 is 1.94 bits per heavy atom. The molecule has 0 aromatic heterocycles. The highest BCUT2D eigenvalue weighted by Crippen LogP contribution is 2.18. The lowest BCUT2D eigenvalue weighted by molar-refractivity contribution is -0.130. The number of nitrogens with zero attached hydrogens (tertiary/aromatic N) is 1. The molecule has 1 atom stereocenters. The van der Waals surface area contributed by atoms with Gasteiger partial charge >= 0.3 is 0 Å². The average molecular weight is 313 g/mol. The van der Waals surface area contributed by atoms with Crippen LogP contribution < -0.4 is 5.32 Å². The van der Waals surface area contributed by atoms with Crippen LogP contribution in [0.25, 0.3) is 0 Å². The fourth-order valence-corrected chi connectivity index (χ4v) is 1.96. The Hall–Kier alpha value is -1.36. The van der Waals surface area contributed by atoms with E-state index < -0.39 is 6.04 Å². The number of hydrogen-bond acceptors (Lipinski definition) is 2. The molecule has 18 heavy (non-hydrogen) atoms. The van der Waals surface area contributed by atoms with E-state index in [2.05, 4.69) is 21.2 Å². The van der Waals surface area contributed by atoms with E-state index in [0.29, 0.717) is 5.56 Å². The summed E-state index contributed by atoms with van der Waals surface area (Å²) in [5.41, 5.74) is 1.53. The van der Waals surface area contributed by atoms with E-state index in [1.807, 2.05) is 19.1 Å². The van der Waals surface area contributed by atoms with Gasteiger partial charge < -0.3 is 10.2 Å². The lowest BCUT2D eigenvalue weighted by Gasteiger charge is -2.18. The first-order valence-electron chi connectivity index (χ1n) is 5.61. The van der Waals surface area contributed by atoms with Crippen molar-refractivity contribution in [1.29, 1.82) is 0 Å². The highest BCUT2D eigenvalue weighted by atomic mass is 79.9. The highest BCUT2D eigenvalue weighted by molar-refractivity contribution is 9.10. The predicted octanol–water partition coefficient (Wildman–Crippen LogP) is 1.96. The average Bonchev–Trinajstić information content (AvgIpc) is 2.30. The van der Waals surface area contributed by atoms with Crippen LogP contribution in [0.4, 0.5) is 0 Å². The minimum absolute atomic E-state index is 0.132. The molecule has 98 valence electrons. The van der Waals surface area contributed by atoms with Crippen molar-refractivity contribution in [2.45, 2.75) is 19.9 Å². The molecular formula is C13H17BrN2O2. The third-order valence-electron chi connectivity index (χ3n) is 2.53. The number of rotatable bonds is 3. The molecule has 4 nitrogen and oxygen atoms in total. The summed E-state index contributed by atoms with van der Waals surface area (Å²) in [6, 6.07) is 4.98. The number of carbonyl (C=O) groups excluding carboxylic acids is 2. The van der Waals surface area contributed by atoms with Crippen LogP contribution in [0.2, 0.25) is 0 Å². The van der Waals surface area contributed by atoms with Gasteiger partial charge in [-0.2, -0.15) is 0 Å². The minimum Gasteiger partial charge on any atom is -0.347 e. The first-order chi connectivity index (χ1) is 8.32. The van der Waals surface area contributed by atoms with Gasteiger partial charge in [0.2, 0.25) is 5.91 Å². The molecule has 0 saturated carbocycles. The van der Waals surface area contributed by atoms with Gasteiger partial charge in [0.05, 0.1) is 5.56 Å². The van der Waals surface area contributed by atoms with E-state index in [-0.39, 0.29) is 11.8 Å². The summed E-state index contributed by atoms with van der Waals surface area (Å²) in [6.45, 7) is 3.58. The summed E-state index contributed by atoms with van der Waals surface area (Å²) in [5.74, 6) is -0.389. The van der Waals surface area contributed by atoms with Crippen molar-refractivity contribution in [3.63, 3.8) is 0 Å². The third-order valence-corrected chi connectivity index (χ3v) is 3.22. The van der Waals surface area contributed by atoms with Crippen molar-refractivity contribution in [3.05, 3.63) is 33.8 Å². The summed E-state index contributed by atoms with van der Waals surface area (Å²) in [7, 11) is 3.32. The molecule has 1 rings (SSSR count). The fourth-order valence-electron chi connectivity index (χ4n) is 1.54. The first-order valence-corrected chi connectivity index (χ1v) is 6.40. The molecule has 0 aliphatic heterocycles. The zero-order valence-electron chi connectivity index (χ0n) is 11.0. The molecule has 0 fully saturated rings. The monoisotopic (exact) mass is 312 g/mol. The van der Waals surface area contributed by atoms with Gasteiger partial charge in [-0.05, 0) is 41.9 Å². The fraction of sp³-hybridized carbons (Fsp3) is 0.385. The van der Waals surface area contributed by atoms with Gasteiger partial charge in [-0.15, -0.1) is 0 Å². The molecule has 0 spiro atoms. The molecule has 0 bridgehead atoms. The summed E-state index contributed by atoms with van der Waals surface area (Å²) in [5, 5.41) is 2.69. The smallest absolute Gasteiger partial charge is 0.253 e. The number of benzene rings is 1. The maximum absolute atomic E-state index is 12.0. The van der Waals surface area contributed by atoms with Crippen LogP contribution in [-0.4, -0.2) is 36.9 Å². The Kier molecular flexibility index (Phi) is 4.90. The van der Waals surface area contributed by atoms with E-state index in [0.717, 1.165) is 10.0 Å². The van der Waals surface area contributed by atoms with Gasteiger partial charge in [-0.25, -0.2) is 0 Å². The van der Waals surface area contributed by atoms with Crippen molar-refractivity contribution in [1.82, 2.24) is 10.2 Å². The predicted molar refractivity (Wildman–Crippen MR) is 74.5 cm³/mol. The number of aryl methyl sites for hydroxylation is 1. The molecule has 1 aromatic carbocycles. The number of hydrogen-bond donors (Lipinski definition) is 1. The third kappa shape index (κ3) is 3.57. The molecule has 0 aliphatic carbocycles.